The lowest BCUT2D eigenvalue weighted by atomic mass is 9.98. The number of ether oxygens (including phenoxy) is 2. The van der Waals surface area contributed by atoms with E-state index in [-0.39, 0.29) is 6.10 Å². The normalized spacial score (nSPS) is 20.8. The minimum absolute atomic E-state index is 0.166. The number of benzene rings is 1. The molecule has 2 rings (SSSR count). The summed E-state index contributed by atoms with van der Waals surface area (Å²) < 4.78 is 11.2. The van der Waals surface area contributed by atoms with Crippen LogP contribution in [0.4, 0.5) is 0 Å². The molecule has 1 aromatic carbocycles. The zero-order chi connectivity index (χ0) is 11.4. The van der Waals surface area contributed by atoms with E-state index in [0.717, 1.165) is 31.9 Å². The van der Waals surface area contributed by atoms with Gasteiger partial charge in [-0.15, -0.1) is 0 Å². The second kappa shape index (κ2) is 5.32. The minimum atomic E-state index is 0.166. The van der Waals surface area contributed by atoms with E-state index in [0.29, 0.717) is 0 Å². The van der Waals surface area contributed by atoms with Gasteiger partial charge in [0.05, 0.1) is 19.8 Å². The van der Waals surface area contributed by atoms with Crippen LogP contribution in [-0.4, -0.2) is 26.8 Å². The number of hydrogen-bond donors (Lipinski definition) is 1. The molecule has 1 saturated heterocycles. The van der Waals surface area contributed by atoms with E-state index in [1.165, 1.54) is 11.1 Å². The Hall–Kier alpha value is -1.06. The number of methoxy groups -OCH3 is 1. The first-order valence-electron chi connectivity index (χ1n) is 5.85. The van der Waals surface area contributed by atoms with Gasteiger partial charge < -0.3 is 14.8 Å². The number of nitrogens with one attached hydrogen (secondary N) is 1. The summed E-state index contributed by atoms with van der Waals surface area (Å²) >= 11 is 0. The standard InChI is InChI=1S/C13H19NO2/c1-3-10-11(5-4-6-12(10)15-2)13-9-14-7-8-16-13/h4-6,13-14H,3,7-9H2,1-2H3. The monoisotopic (exact) mass is 221 g/mol. The van der Waals surface area contributed by atoms with E-state index in [1.807, 2.05) is 12.1 Å². The van der Waals surface area contributed by atoms with E-state index in [9.17, 15) is 0 Å². The van der Waals surface area contributed by atoms with Crippen LogP contribution in [0.15, 0.2) is 18.2 Å². The molecule has 88 valence electrons. The van der Waals surface area contributed by atoms with E-state index < -0.39 is 0 Å². The van der Waals surface area contributed by atoms with Crippen molar-refractivity contribution in [1.82, 2.24) is 5.32 Å². The Morgan fingerprint density at radius 2 is 2.38 bits per heavy atom. The van der Waals surface area contributed by atoms with Crippen molar-refractivity contribution in [1.29, 1.82) is 0 Å². The van der Waals surface area contributed by atoms with E-state index in [4.69, 9.17) is 9.47 Å². The lowest BCUT2D eigenvalue weighted by molar-refractivity contribution is 0.0270. The molecule has 0 amide bonds. The average Bonchev–Trinajstić information content (AvgIpc) is 2.38. The third-order valence-electron chi connectivity index (χ3n) is 3.02. The van der Waals surface area contributed by atoms with Gasteiger partial charge >= 0.3 is 0 Å². The highest BCUT2D eigenvalue weighted by Gasteiger charge is 2.19. The Morgan fingerprint density at radius 1 is 1.50 bits per heavy atom. The molecule has 0 bridgehead atoms. The third-order valence-corrected chi connectivity index (χ3v) is 3.02. The molecule has 0 saturated carbocycles. The van der Waals surface area contributed by atoms with Gasteiger partial charge in [0.1, 0.15) is 5.75 Å². The Balaban J connectivity index is 2.30. The number of morpholine rings is 1. The lowest BCUT2D eigenvalue weighted by Gasteiger charge is -2.26. The van der Waals surface area contributed by atoms with Crippen LogP contribution in [0, 0.1) is 0 Å². The zero-order valence-electron chi connectivity index (χ0n) is 9.95. The van der Waals surface area contributed by atoms with Gasteiger partial charge in [-0.2, -0.15) is 0 Å². The van der Waals surface area contributed by atoms with Gasteiger partial charge in [-0.1, -0.05) is 19.1 Å². The first-order valence-corrected chi connectivity index (χ1v) is 5.85. The summed E-state index contributed by atoms with van der Waals surface area (Å²) in [6.07, 6.45) is 1.14. The Labute approximate surface area is 96.8 Å². The van der Waals surface area contributed by atoms with Crippen LogP contribution in [0.5, 0.6) is 5.75 Å². The quantitative estimate of drug-likeness (QED) is 0.846. The van der Waals surface area contributed by atoms with Crippen LogP contribution in [0.3, 0.4) is 0 Å². The molecule has 0 spiro atoms. The molecule has 1 fully saturated rings. The molecule has 3 nitrogen and oxygen atoms in total. The van der Waals surface area contributed by atoms with Crippen molar-refractivity contribution in [3.05, 3.63) is 29.3 Å². The molecule has 1 aliphatic rings. The summed E-state index contributed by atoms with van der Waals surface area (Å²) in [6, 6.07) is 6.18. The summed E-state index contributed by atoms with van der Waals surface area (Å²) in [4.78, 5) is 0. The van der Waals surface area contributed by atoms with Crippen molar-refractivity contribution in [2.45, 2.75) is 19.4 Å². The summed E-state index contributed by atoms with van der Waals surface area (Å²) in [5, 5.41) is 3.36. The van der Waals surface area contributed by atoms with Gasteiger partial charge in [0.25, 0.3) is 0 Å². The molecule has 1 atom stereocenters. The van der Waals surface area contributed by atoms with Crippen molar-refractivity contribution >= 4 is 0 Å². The molecule has 1 unspecified atom stereocenters. The maximum absolute atomic E-state index is 5.79. The predicted octanol–water partition coefficient (Wildman–Crippen LogP) is 1.92. The second-order valence-corrected chi connectivity index (χ2v) is 3.95. The maximum atomic E-state index is 5.79. The van der Waals surface area contributed by atoms with Gasteiger partial charge in [-0.25, -0.2) is 0 Å². The van der Waals surface area contributed by atoms with Gasteiger partial charge in [-0.05, 0) is 23.6 Å². The Morgan fingerprint density at radius 3 is 3.00 bits per heavy atom. The van der Waals surface area contributed by atoms with E-state index in [1.54, 1.807) is 7.11 Å². The summed E-state index contributed by atoms with van der Waals surface area (Å²) in [7, 11) is 1.72. The van der Waals surface area contributed by atoms with Gasteiger partial charge in [0, 0.05) is 13.1 Å². The van der Waals surface area contributed by atoms with E-state index >= 15 is 0 Å². The largest absolute Gasteiger partial charge is 0.496 e. The van der Waals surface area contributed by atoms with Crippen molar-refractivity contribution < 1.29 is 9.47 Å². The lowest BCUT2D eigenvalue weighted by Crippen LogP contribution is -2.33. The van der Waals surface area contributed by atoms with Crippen LogP contribution < -0.4 is 10.1 Å². The molecular weight excluding hydrogens is 202 g/mol. The highest BCUT2D eigenvalue weighted by atomic mass is 16.5. The van der Waals surface area contributed by atoms with E-state index in [2.05, 4.69) is 18.3 Å². The fourth-order valence-electron chi connectivity index (χ4n) is 2.22. The molecule has 0 aliphatic carbocycles. The molecule has 0 aromatic heterocycles. The predicted molar refractivity (Wildman–Crippen MR) is 63.9 cm³/mol. The minimum Gasteiger partial charge on any atom is -0.496 e. The zero-order valence-corrected chi connectivity index (χ0v) is 9.95. The summed E-state index contributed by atoms with van der Waals surface area (Å²) in [6.45, 7) is 4.77. The Kier molecular flexibility index (Phi) is 3.80. The smallest absolute Gasteiger partial charge is 0.122 e. The first-order chi connectivity index (χ1) is 7.86. The Bertz CT molecular complexity index is 346. The molecule has 1 aromatic rings. The van der Waals surface area contributed by atoms with Gasteiger partial charge in [-0.3, -0.25) is 0 Å². The highest BCUT2D eigenvalue weighted by Crippen LogP contribution is 2.29. The molecule has 0 radical (unpaired) electrons. The van der Waals surface area contributed by atoms with Gasteiger partial charge in [0.15, 0.2) is 0 Å². The second-order valence-electron chi connectivity index (χ2n) is 3.95. The molecule has 3 heteroatoms. The van der Waals surface area contributed by atoms with Crippen molar-refractivity contribution in [2.75, 3.05) is 26.8 Å². The molecule has 16 heavy (non-hydrogen) atoms. The number of rotatable bonds is 3. The topological polar surface area (TPSA) is 30.5 Å². The summed E-state index contributed by atoms with van der Waals surface area (Å²) in [5.74, 6) is 0.967. The molecular formula is C13H19NO2. The first kappa shape index (κ1) is 11.4. The molecule has 1 aliphatic heterocycles. The molecule has 1 N–H and O–H groups in total. The van der Waals surface area contributed by atoms with Crippen molar-refractivity contribution in [3.8, 4) is 5.75 Å². The maximum Gasteiger partial charge on any atom is 0.122 e. The fraction of sp³-hybridized carbons (Fsp3) is 0.538. The van der Waals surface area contributed by atoms with Crippen LogP contribution in [0.1, 0.15) is 24.2 Å². The molecule has 1 heterocycles. The number of hydrogen-bond acceptors (Lipinski definition) is 3. The van der Waals surface area contributed by atoms with Crippen molar-refractivity contribution in [2.24, 2.45) is 0 Å². The third kappa shape index (κ3) is 2.20. The van der Waals surface area contributed by atoms with Crippen LogP contribution in [-0.2, 0) is 11.2 Å². The van der Waals surface area contributed by atoms with Crippen LogP contribution in [0.25, 0.3) is 0 Å². The fourth-order valence-corrected chi connectivity index (χ4v) is 2.22. The summed E-state index contributed by atoms with van der Waals surface area (Å²) in [5.41, 5.74) is 2.52. The SMILES string of the molecule is CCc1c(OC)cccc1C1CNCCO1. The van der Waals surface area contributed by atoms with Crippen LogP contribution in [0.2, 0.25) is 0 Å². The van der Waals surface area contributed by atoms with Crippen molar-refractivity contribution in [3.63, 3.8) is 0 Å². The highest BCUT2D eigenvalue weighted by molar-refractivity contribution is 5.41. The van der Waals surface area contributed by atoms with Gasteiger partial charge in [0.2, 0.25) is 0 Å². The van der Waals surface area contributed by atoms with Crippen LogP contribution >= 0.6 is 0 Å². The average molecular weight is 221 g/mol.